The largest absolute Gasteiger partial charge is 0.493 e. The molecule has 1 aromatic heterocycles. The molecule has 4 heteroatoms. The lowest BCUT2D eigenvalue weighted by Crippen LogP contribution is -2.26. The molecule has 0 aliphatic heterocycles. The molecule has 0 saturated carbocycles. The molecule has 0 aliphatic rings. The van der Waals surface area contributed by atoms with E-state index in [1.807, 2.05) is 32.0 Å². The van der Waals surface area contributed by atoms with Gasteiger partial charge in [0, 0.05) is 11.4 Å². The first kappa shape index (κ1) is 15.6. The average molecular weight is 303 g/mol. The maximum absolute atomic E-state index is 11.7. The Balaban J connectivity index is 1.66. The van der Waals surface area contributed by atoms with E-state index in [0.29, 0.717) is 19.6 Å². The van der Waals surface area contributed by atoms with E-state index in [1.165, 1.54) is 4.88 Å². The fourth-order valence-electron chi connectivity index (χ4n) is 1.98. The number of amides is 1. The van der Waals surface area contributed by atoms with E-state index in [-0.39, 0.29) is 5.91 Å². The Morgan fingerprint density at radius 2 is 2.14 bits per heavy atom. The second kappa shape index (κ2) is 7.84. The van der Waals surface area contributed by atoms with E-state index in [0.717, 1.165) is 23.3 Å². The number of ether oxygens (including phenoxy) is 1. The summed E-state index contributed by atoms with van der Waals surface area (Å²) in [5, 5.41) is 4.97. The van der Waals surface area contributed by atoms with Gasteiger partial charge in [0.15, 0.2) is 0 Å². The van der Waals surface area contributed by atoms with Crippen LogP contribution in [0.15, 0.2) is 35.7 Å². The second-order valence-corrected chi connectivity index (χ2v) is 6.08. The monoisotopic (exact) mass is 303 g/mol. The Hall–Kier alpha value is -1.81. The second-order valence-electron chi connectivity index (χ2n) is 5.05. The van der Waals surface area contributed by atoms with Crippen LogP contribution in [0, 0.1) is 13.8 Å². The summed E-state index contributed by atoms with van der Waals surface area (Å²) in [7, 11) is 0. The highest BCUT2D eigenvalue weighted by atomic mass is 32.1. The number of nitrogens with one attached hydrogen (secondary N) is 1. The van der Waals surface area contributed by atoms with Crippen LogP contribution in [-0.2, 0) is 11.2 Å². The quantitative estimate of drug-likeness (QED) is 0.850. The molecule has 2 rings (SSSR count). The highest BCUT2D eigenvalue weighted by Gasteiger charge is 2.04. The summed E-state index contributed by atoms with van der Waals surface area (Å²) in [4.78, 5) is 13.0. The Labute approximate surface area is 130 Å². The summed E-state index contributed by atoms with van der Waals surface area (Å²) in [6.45, 7) is 5.14. The van der Waals surface area contributed by atoms with E-state index in [4.69, 9.17) is 4.74 Å². The number of thiophene rings is 1. The number of rotatable bonds is 7. The average Bonchev–Trinajstić information content (AvgIpc) is 2.96. The lowest BCUT2D eigenvalue weighted by Gasteiger charge is -2.10. The molecule has 0 saturated heterocycles. The molecule has 0 atom stereocenters. The summed E-state index contributed by atoms with van der Waals surface area (Å²) in [5.74, 6) is 0.901. The van der Waals surface area contributed by atoms with Gasteiger partial charge in [-0.1, -0.05) is 18.2 Å². The van der Waals surface area contributed by atoms with Crippen molar-refractivity contribution in [2.75, 3.05) is 13.2 Å². The van der Waals surface area contributed by atoms with Crippen molar-refractivity contribution in [3.63, 3.8) is 0 Å². The molecule has 0 aliphatic carbocycles. The molecule has 0 bridgehead atoms. The van der Waals surface area contributed by atoms with Crippen molar-refractivity contribution >= 4 is 17.2 Å². The van der Waals surface area contributed by atoms with Gasteiger partial charge < -0.3 is 10.1 Å². The van der Waals surface area contributed by atoms with Gasteiger partial charge in [-0.3, -0.25) is 4.79 Å². The van der Waals surface area contributed by atoms with Crippen molar-refractivity contribution in [2.45, 2.75) is 26.7 Å². The first-order valence-electron chi connectivity index (χ1n) is 7.14. The lowest BCUT2D eigenvalue weighted by molar-refractivity contribution is -0.121. The molecule has 1 heterocycles. The van der Waals surface area contributed by atoms with Crippen molar-refractivity contribution < 1.29 is 9.53 Å². The first-order chi connectivity index (χ1) is 10.1. The topological polar surface area (TPSA) is 38.3 Å². The number of hydrogen-bond donors (Lipinski definition) is 1. The predicted octanol–water partition coefficient (Wildman–Crippen LogP) is 3.49. The van der Waals surface area contributed by atoms with Crippen LogP contribution in [0.3, 0.4) is 0 Å². The van der Waals surface area contributed by atoms with Crippen LogP contribution >= 0.6 is 11.3 Å². The van der Waals surface area contributed by atoms with Gasteiger partial charge in [0.2, 0.25) is 5.91 Å². The number of aryl methyl sites for hydroxylation is 2. The van der Waals surface area contributed by atoms with E-state index in [9.17, 15) is 4.79 Å². The van der Waals surface area contributed by atoms with Crippen molar-refractivity contribution in [1.29, 1.82) is 0 Å². The minimum Gasteiger partial charge on any atom is -0.493 e. The van der Waals surface area contributed by atoms with Gasteiger partial charge in [0.1, 0.15) is 5.75 Å². The zero-order valence-corrected chi connectivity index (χ0v) is 13.3. The van der Waals surface area contributed by atoms with Gasteiger partial charge >= 0.3 is 0 Å². The van der Waals surface area contributed by atoms with Crippen molar-refractivity contribution in [2.24, 2.45) is 0 Å². The third-order valence-electron chi connectivity index (χ3n) is 3.20. The van der Waals surface area contributed by atoms with Crippen LogP contribution < -0.4 is 10.1 Å². The number of hydrogen-bond acceptors (Lipinski definition) is 3. The molecule has 0 radical (unpaired) electrons. The summed E-state index contributed by atoms with van der Waals surface area (Å²) in [6, 6.07) is 10.2. The lowest BCUT2D eigenvalue weighted by atomic mass is 10.1. The van der Waals surface area contributed by atoms with Crippen LogP contribution in [0.5, 0.6) is 5.75 Å². The van der Waals surface area contributed by atoms with Crippen LogP contribution in [0.4, 0.5) is 0 Å². The molecule has 1 amide bonds. The van der Waals surface area contributed by atoms with Crippen LogP contribution in [0.2, 0.25) is 0 Å². The van der Waals surface area contributed by atoms with E-state index in [1.54, 1.807) is 11.3 Å². The van der Waals surface area contributed by atoms with Crippen molar-refractivity contribution in [3.8, 4) is 5.75 Å². The van der Waals surface area contributed by atoms with Crippen LogP contribution in [-0.4, -0.2) is 19.1 Å². The van der Waals surface area contributed by atoms with Crippen molar-refractivity contribution in [3.05, 3.63) is 51.7 Å². The summed E-state index contributed by atoms with van der Waals surface area (Å²) in [6.07, 6.45) is 1.28. The molecule has 0 unspecified atom stereocenters. The maximum Gasteiger partial charge on any atom is 0.223 e. The summed E-state index contributed by atoms with van der Waals surface area (Å²) in [5.41, 5.74) is 2.26. The molecular formula is C17H21NO2S. The van der Waals surface area contributed by atoms with Gasteiger partial charge in [-0.25, -0.2) is 0 Å². The van der Waals surface area contributed by atoms with Gasteiger partial charge in [-0.2, -0.15) is 0 Å². The maximum atomic E-state index is 11.7. The van der Waals surface area contributed by atoms with Crippen LogP contribution in [0.25, 0.3) is 0 Å². The third kappa shape index (κ3) is 5.23. The standard InChI is InChI=1S/C17H21NO2S/c1-13-5-6-14(2)16(12-13)20-10-8-17(19)18-9-7-15-4-3-11-21-15/h3-6,11-12H,7-10H2,1-2H3,(H,18,19). The van der Waals surface area contributed by atoms with E-state index in [2.05, 4.69) is 22.8 Å². The zero-order chi connectivity index (χ0) is 15.1. The smallest absolute Gasteiger partial charge is 0.223 e. The Bertz CT molecular complexity index is 578. The fraction of sp³-hybridized carbons (Fsp3) is 0.353. The molecule has 2 aromatic rings. The molecule has 1 N–H and O–H groups in total. The summed E-state index contributed by atoms with van der Waals surface area (Å²) >= 11 is 1.72. The molecule has 0 fully saturated rings. The minimum atomic E-state index is 0.0388. The Morgan fingerprint density at radius 3 is 2.90 bits per heavy atom. The molecule has 3 nitrogen and oxygen atoms in total. The van der Waals surface area contributed by atoms with Gasteiger partial charge in [-0.05, 0) is 48.9 Å². The Morgan fingerprint density at radius 1 is 1.29 bits per heavy atom. The Kier molecular flexibility index (Phi) is 5.81. The highest BCUT2D eigenvalue weighted by molar-refractivity contribution is 7.09. The van der Waals surface area contributed by atoms with Crippen molar-refractivity contribution in [1.82, 2.24) is 5.32 Å². The van der Waals surface area contributed by atoms with E-state index >= 15 is 0 Å². The molecular weight excluding hydrogens is 282 g/mol. The third-order valence-corrected chi connectivity index (χ3v) is 4.14. The number of carbonyl (C=O) groups is 1. The van der Waals surface area contributed by atoms with Gasteiger partial charge in [0.05, 0.1) is 13.0 Å². The van der Waals surface area contributed by atoms with Crippen LogP contribution in [0.1, 0.15) is 22.4 Å². The molecule has 112 valence electrons. The SMILES string of the molecule is Cc1ccc(C)c(OCCC(=O)NCCc2cccs2)c1. The summed E-state index contributed by atoms with van der Waals surface area (Å²) < 4.78 is 5.68. The first-order valence-corrected chi connectivity index (χ1v) is 8.02. The highest BCUT2D eigenvalue weighted by Crippen LogP contribution is 2.19. The van der Waals surface area contributed by atoms with Gasteiger partial charge in [0.25, 0.3) is 0 Å². The number of carbonyl (C=O) groups excluding carboxylic acids is 1. The predicted molar refractivity (Wildman–Crippen MR) is 87.1 cm³/mol. The normalized spacial score (nSPS) is 10.4. The number of benzene rings is 1. The van der Waals surface area contributed by atoms with Gasteiger partial charge in [-0.15, -0.1) is 11.3 Å². The zero-order valence-electron chi connectivity index (χ0n) is 12.5. The molecule has 1 aromatic carbocycles. The molecule has 0 spiro atoms. The fourth-order valence-corrected chi connectivity index (χ4v) is 2.69. The molecule has 21 heavy (non-hydrogen) atoms. The van der Waals surface area contributed by atoms with E-state index < -0.39 is 0 Å². The minimum absolute atomic E-state index is 0.0388.